The molecule has 1 heterocycles. The molecule has 0 aliphatic heterocycles. The molecule has 1 aromatic heterocycles. The number of amides is 1. The van der Waals surface area contributed by atoms with Crippen molar-refractivity contribution in [3.63, 3.8) is 0 Å². The van der Waals surface area contributed by atoms with Gasteiger partial charge in [0.2, 0.25) is 5.91 Å². The molecule has 0 fully saturated rings. The number of likely N-dealkylation sites (N-methyl/N-ethyl adjacent to an activating group) is 1. The van der Waals surface area contributed by atoms with E-state index in [9.17, 15) is 4.79 Å². The van der Waals surface area contributed by atoms with Crippen molar-refractivity contribution < 1.29 is 9.32 Å². The predicted octanol–water partition coefficient (Wildman–Crippen LogP) is 4.04. The number of nitrogens with zero attached hydrogens (tertiary/aromatic N) is 2. The summed E-state index contributed by atoms with van der Waals surface area (Å²) in [6, 6.07) is 13.8. The van der Waals surface area contributed by atoms with Gasteiger partial charge in [0.25, 0.3) is 0 Å². The van der Waals surface area contributed by atoms with Gasteiger partial charge in [0.05, 0.1) is 6.42 Å². The molecule has 2 aromatic carbocycles. The van der Waals surface area contributed by atoms with E-state index in [1.807, 2.05) is 57.2 Å². The number of anilines is 1. The lowest BCUT2D eigenvalue weighted by Gasteiger charge is -2.21. The number of benzene rings is 2. The van der Waals surface area contributed by atoms with Crippen LogP contribution >= 0.6 is 0 Å². The number of aryl methyl sites for hydroxylation is 2. The first kappa shape index (κ1) is 15.3. The molecular formula is C19H20N2O2. The normalized spacial score (nSPS) is 10.9. The Morgan fingerprint density at radius 2 is 1.83 bits per heavy atom. The second kappa shape index (κ2) is 6.24. The van der Waals surface area contributed by atoms with Crippen LogP contribution in [0.1, 0.15) is 23.7 Å². The molecule has 4 heteroatoms. The molecule has 0 saturated heterocycles. The van der Waals surface area contributed by atoms with E-state index in [-0.39, 0.29) is 12.3 Å². The summed E-state index contributed by atoms with van der Waals surface area (Å²) in [7, 11) is 0. The first-order chi connectivity index (χ1) is 11.1. The Labute approximate surface area is 135 Å². The van der Waals surface area contributed by atoms with Gasteiger partial charge >= 0.3 is 0 Å². The van der Waals surface area contributed by atoms with E-state index in [1.165, 1.54) is 0 Å². The lowest BCUT2D eigenvalue weighted by atomic mass is 10.1. The SMILES string of the molecule is CCN(C(=O)Cc1noc2ccccc12)c1cc(C)cc(C)c1. The van der Waals surface area contributed by atoms with Gasteiger partial charge in [0, 0.05) is 17.6 Å². The standard InChI is InChI=1S/C19H20N2O2/c1-4-21(15-10-13(2)9-14(3)11-15)19(22)12-17-16-7-5-6-8-18(16)23-20-17/h5-11H,4,12H2,1-3H3. The third-order valence-electron chi connectivity index (χ3n) is 3.91. The summed E-state index contributed by atoms with van der Waals surface area (Å²) in [5.41, 5.74) is 4.64. The molecule has 4 nitrogen and oxygen atoms in total. The van der Waals surface area contributed by atoms with Gasteiger partial charge in [-0.25, -0.2) is 0 Å². The van der Waals surface area contributed by atoms with Crippen LogP contribution < -0.4 is 4.90 Å². The van der Waals surface area contributed by atoms with Gasteiger partial charge in [-0.05, 0) is 56.2 Å². The molecule has 23 heavy (non-hydrogen) atoms. The zero-order valence-electron chi connectivity index (χ0n) is 13.7. The van der Waals surface area contributed by atoms with Crippen molar-refractivity contribution in [1.82, 2.24) is 5.16 Å². The first-order valence-corrected chi connectivity index (χ1v) is 7.80. The fraction of sp³-hybridized carbons (Fsp3) is 0.263. The van der Waals surface area contributed by atoms with Crippen LogP contribution in [0.25, 0.3) is 11.0 Å². The zero-order chi connectivity index (χ0) is 16.4. The van der Waals surface area contributed by atoms with Crippen LogP contribution in [0.4, 0.5) is 5.69 Å². The van der Waals surface area contributed by atoms with Crippen LogP contribution in [0.15, 0.2) is 47.0 Å². The van der Waals surface area contributed by atoms with Gasteiger partial charge in [0.15, 0.2) is 5.58 Å². The van der Waals surface area contributed by atoms with Gasteiger partial charge in [-0.2, -0.15) is 0 Å². The van der Waals surface area contributed by atoms with Gasteiger partial charge in [-0.15, -0.1) is 0 Å². The number of fused-ring (bicyclic) bond motifs is 1. The number of carbonyl (C=O) groups is 1. The summed E-state index contributed by atoms with van der Waals surface area (Å²) in [5, 5.41) is 4.96. The molecule has 0 aliphatic carbocycles. The topological polar surface area (TPSA) is 46.3 Å². The molecule has 0 N–H and O–H groups in total. The van der Waals surface area contributed by atoms with Crippen LogP contribution in [0.5, 0.6) is 0 Å². The Hall–Kier alpha value is -2.62. The highest BCUT2D eigenvalue weighted by Crippen LogP contribution is 2.22. The van der Waals surface area contributed by atoms with E-state index in [4.69, 9.17) is 4.52 Å². The second-order valence-corrected chi connectivity index (χ2v) is 5.79. The van der Waals surface area contributed by atoms with Crippen LogP contribution in [0.3, 0.4) is 0 Å². The Morgan fingerprint density at radius 3 is 2.52 bits per heavy atom. The van der Waals surface area contributed by atoms with E-state index in [0.29, 0.717) is 17.8 Å². The summed E-state index contributed by atoms with van der Waals surface area (Å²) in [5.74, 6) is 0.0246. The number of hydrogen-bond donors (Lipinski definition) is 0. The van der Waals surface area contributed by atoms with Gasteiger partial charge in [-0.1, -0.05) is 23.4 Å². The highest BCUT2D eigenvalue weighted by molar-refractivity contribution is 5.96. The summed E-state index contributed by atoms with van der Waals surface area (Å²) >= 11 is 0. The van der Waals surface area contributed by atoms with E-state index >= 15 is 0 Å². The quantitative estimate of drug-likeness (QED) is 0.730. The smallest absolute Gasteiger partial charge is 0.233 e. The molecule has 0 bridgehead atoms. The van der Waals surface area contributed by atoms with Crippen molar-refractivity contribution in [3.8, 4) is 0 Å². The summed E-state index contributed by atoms with van der Waals surface area (Å²) in [6.07, 6.45) is 0.234. The Balaban J connectivity index is 1.88. The molecule has 118 valence electrons. The molecule has 3 aromatic rings. The Kier molecular flexibility index (Phi) is 4.15. The number of rotatable bonds is 4. The van der Waals surface area contributed by atoms with Crippen molar-refractivity contribution >= 4 is 22.6 Å². The Bertz CT molecular complexity index is 831. The van der Waals surface area contributed by atoms with E-state index in [1.54, 1.807) is 4.90 Å². The van der Waals surface area contributed by atoms with Crippen molar-refractivity contribution in [3.05, 3.63) is 59.3 Å². The average Bonchev–Trinajstić information content (AvgIpc) is 2.90. The highest BCUT2D eigenvalue weighted by Gasteiger charge is 2.18. The Morgan fingerprint density at radius 1 is 1.13 bits per heavy atom. The van der Waals surface area contributed by atoms with Crippen LogP contribution in [-0.2, 0) is 11.2 Å². The number of hydrogen-bond acceptors (Lipinski definition) is 3. The number of aromatic nitrogens is 1. The van der Waals surface area contributed by atoms with E-state index in [0.717, 1.165) is 22.2 Å². The van der Waals surface area contributed by atoms with Crippen LogP contribution in [0, 0.1) is 13.8 Å². The maximum Gasteiger partial charge on any atom is 0.233 e. The summed E-state index contributed by atoms with van der Waals surface area (Å²) in [4.78, 5) is 14.5. The first-order valence-electron chi connectivity index (χ1n) is 7.80. The average molecular weight is 308 g/mol. The minimum atomic E-state index is 0.0246. The van der Waals surface area contributed by atoms with Gasteiger partial charge < -0.3 is 9.42 Å². The minimum absolute atomic E-state index is 0.0246. The fourth-order valence-corrected chi connectivity index (χ4v) is 2.91. The molecule has 0 atom stereocenters. The molecule has 0 unspecified atom stereocenters. The number of para-hydroxylation sites is 1. The molecule has 0 spiro atoms. The van der Waals surface area contributed by atoms with E-state index in [2.05, 4.69) is 11.2 Å². The van der Waals surface area contributed by atoms with Crippen molar-refractivity contribution in [1.29, 1.82) is 0 Å². The second-order valence-electron chi connectivity index (χ2n) is 5.79. The number of carbonyl (C=O) groups excluding carboxylic acids is 1. The largest absolute Gasteiger partial charge is 0.356 e. The van der Waals surface area contributed by atoms with Gasteiger partial charge in [0.1, 0.15) is 5.69 Å². The van der Waals surface area contributed by atoms with Crippen LogP contribution in [0.2, 0.25) is 0 Å². The van der Waals surface area contributed by atoms with Crippen molar-refractivity contribution in [2.24, 2.45) is 0 Å². The maximum absolute atomic E-state index is 12.8. The zero-order valence-corrected chi connectivity index (χ0v) is 13.7. The molecule has 3 rings (SSSR count). The van der Waals surface area contributed by atoms with Crippen molar-refractivity contribution in [2.75, 3.05) is 11.4 Å². The monoisotopic (exact) mass is 308 g/mol. The molecule has 0 saturated carbocycles. The maximum atomic E-state index is 12.8. The van der Waals surface area contributed by atoms with Crippen LogP contribution in [-0.4, -0.2) is 17.6 Å². The third kappa shape index (κ3) is 3.11. The van der Waals surface area contributed by atoms with Crippen molar-refractivity contribution in [2.45, 2.75) is 27.2 Å². The lowest BCUT2D eigenvalue weighted by Crippen LogP contribution is -2.32. The molecule has 0 radical (unpaired) electrons. The third-order valence-corrected chi connectivity index (χ3v) is 3.91. The molecular weight excluding hydrogens is 288 g/mol. The predicted molar refractivity (Wildman–Crippen MR) is 91.7 cm³/mol. The lowest BCUT2D eigenvalue weighted by molar-refractivity contribution is -0.118. The van der Waals surface area contributed by atoms with E-state index < -0.39 is 0 Å². The molecule has 0 aliphatic rings. The fourth-order valence-electron chi connectivity index (χ4n) is 2.91. The molecule has 1 amide bonds. The van der Waals surface area contributed by atoms with Gasteiger partial charge in [-0.3, -0.25) is 4.79 Å². The summed E-state index contributed by atoms with van der Waals surface area (Å²) in [6.45, 7) is 6.69. The minimum Gasteiger partial charge on any atom is -0.356 e. The summed E-state index contributed by atoms with van der Waals surface area (Å²) < 4.78 is 5.29. The highest BCUT2D eigenvalue weighted by atomic mass is 16.5.